The maximum absolute atomic E-state index is 13.0. The highest BCUT2D eigenvalue weighted by atomic mass is 32.1. The van der Waals surface area contributed by atoms with Crippen LogP contribution in [0.2, 0.25) is 0 Å². The number of hydrogen-bond donors (Lipinski definition) is 6. The Labute approximate surface area is 223 Å². The van der Waals surface area contributed by atoms with Crippen molar-refractivity contribution in [2.24, 2.45) is 0 Å². The molecule has 0 unspecified atom stereocenters. The number of para-hydroxylation sites is 1. The second kappa shape index (κ2) is 11.8. The normalized spacial score (nSPS) is 13.5. The van der Waals surface area contributed by atoms with E-state index in [2.05, 4.69) is 28.2 Å². The zero-order chi connectivity index (χ0) is 27.2. The molecular weight excluding hydrogens is 506 g/mol. The number of amides is 2. The van der Waals surface area contributed by atoms with E-state index in [4.69, 9.17) is 0 Å². The van der Waals surface area contributed by atoms with Gasteiger partial charge in [0.1, 0.15) is 12.1 Å². The first kappa shape index (κ1) is 26.7. The van der Waals surface area contributed by atoms with Crippen molar-refractivity contribution in [1.29, 1.82) is 0 Å². The van der Waals surface area contributed by atoms with Crippen LogP contribution in [0.1, 0.15) is 17.5 Å². The van der Waals surface area contributed by atoms with E-state index in [1.54, 1.807) is 6.20 Å². The average Bonchev–Trinajstić information content (AvgIpc) is 3.30. The van der Waals surface area contributed by atoms with Gasteiger partial charge in [-0.3, -0.25) is 14.4 Å². The Bertz CT molecular complexity index is 1500. The van der Waals surface area contributed by atoms with Gasteiger partial charge in [0.05, 0.1) is 11.7 Å². The van der Waals surface area contributed by atoms with Gasteiger partial charge in [0, 0.05) is 23.5 Å². The van der Waals surface area contributed by atoms with E-state index < -0.39 is 47.5 Å². The van der Waals surface area contributed by atoms with Gasteiger partial charge in [0.15, 0.2) is 0 Å². The summed E-state index contributed by atoms with van der Waals surface area (Å²) in [5.41, 5.74) is 2.35. The summed E-state index contributed by atoms with van der Waals surface area (Å²) in [7, 11) is 0. The quantitative estimate of drug-likeness (QED) is 0.163. The van der Waals surface area contributed by atoms with Gasteiger partial charge in [0.25, 0.3) is 0 Å². The summed E-state index contributed by atoms with van der Waals surface area (Å²) in [6, 6.07) is 18.0. The molecule has 0 saturated carbocycles. The molecule has 1 aromatic heterocycles. The van der Waals surface area contributed by atoms with E-state index in [1.807, 2.05) is 66.7 Å². The Kier molecular flexibility index (Phi) is 8.32. The van der Waals surface area contributed by atoms with Gasteiger partial charge in [-0.15, -0.1) is 0 Å². The summed E-state index contributed by atoms with van der Waals surface area (Å²) in [5, 5.41) is 25.9. The first-order chi connectivity index (χ1) is 18.2. The van der Waals surface area contributed by atoms with Gasteiger partial charge in [0.2, 0.25) is 11.8 Å². The molecule has 4 rings (SSSR count). The van der Waals surface area contributed by atoms with Crippen LogP contribution in [-0.4, -0.2) is 56.3 Å². The number of benzene rings is 3. The molecule has 2 amide bonds. The number of H-pyrrole nitrogens is 1. The zero-order valence-electron chi connectivity index (χ0n) is 20.3. The van der Waals surface area contributed by atoms with Crippen LogP contribution >= 0.6 is 12.6 Å². The molecule has 3 aromatic carbocycles. The topological polar surface area (TPSA) is 149 Å². The third kappa shape index (κ3) is 6.51. The van der Waals surface area contributed by atoms with E-state index in [0.29, 0.717) is 5.56 Å². The molecular formula is C28H27N3O6S. The van der Waals surface area contributed by atoms with Crippen LogP contribution in [0.15, 0.2) is 72.9 Å². The van der Waals surface area contributed by atoms with Crippen LogP contribution in [0.4, 0.5) is 0 Å². The molecule has 38 heavy (non-hydrogen) atoms. The zero-order valence-corrected chi connectivity index (χ0v) is 21.2. The molecule has 0 bridgehead atoms. The number of rotatable bonds is 11. The van der Waals surface area contributed by atoms with Crippen molar-refractivity contribution in [2.45, 2.75) is 36.6 Å². The standard InChI is InChI=1S/C28H27N3O6S/c32-25(33)14-22(30-27(35)24(38)12-16-9-10-17-5-1-2-6-18(17)11-16)26(34)31-23(28(36)37)13-19-15-29-21-8-4-3-7-20(19)21/h1-11,15,22-24,29,38H,12-14H2,(H,30,35)(H,31,34)(H,32,33)(H,36,37)/t22-,23-,24-/m0/s1. The molecule has 0 saturated heterocycles. The highest BCUT2D eigenvalue weighted by molar-refractivity contribution is 7.81. The molecule has 0 aliphatic rings. The fourth-order valence-electron chi connectivity index (χ4n) is 4.33. The Morgan fingerprint density at radius 3 is 2.24 bits per heavy atom. The summed E-state index contributed by atoms with van der Waals surface area (Å²) in [6.07, 6.45) is 1.17. The van der Waals surface area contributed by atoms with Crippen LogP contribution in [0.3, 0.4) is 0 Å². The largest absolute Gasteiger partial charge is 0.481 e. The SMILES string of the molecule is O=C(O)C[C@H](NC(=O)[C@@H](S)Cc1ccc2ccccc2c1)C(=O)N[C@@H](Cc1c[nH]c2ccccc12)C(=O)O. The van der Waals surface area contributed by atoms with Crippen LogP contribution in [0.25, 0.3) is 21.7 Å². The van der Waals surface area contributed by atoms with E-state index in [-0.39, 0.29) is 12.8 Å². The van der Waals surface area contributed by atoms with Crippen LogP contribution in [0, 0.1) is 0 Å². The summed E-state index contributed by atoms with van der Waals surface area (Å²) in [5.74, 6) is -4.14. The number of carboxylic acid groups (broad SMARTS) is 2. The average molecular weight is 534 g/mol. The second-order valence-electron chi connectivity index (χ2n) is 9.02. The van der Waals surface area contributed by atoms with Crippen molar-refractivity contribution in [3.63, 3.8) is 0 Å². The maximum Gasteiger partial charge on any atom is 0.326 e. The monoisotopic (exact) mass is 533 g/mol. The molecule has 0 aliphatic heterocycles. The Morgan fingerprint density at radius 2 is 1.50 bits per heavy atom. The molecule has 1 heterocycles. The lowest BCUT2D eigenvalue weighted by Crippen LogP contribution is -2.54. The van der Waals surface area contributed by atoms with Gasteiger partial charge < -0.3 is 25.8 Å². The first-order valence-electron chi connectivity index (χ1n) is 12.0. The Morgan fingerprint density at radius 1 is 0.816 bits per heavy atom. The number of nitrogens with one attached hydrogen (secondary N) is 3. The van der Waals surface area contributed by atoms with Gasteiger partial charge in [-0.1, -0.05) is 60.7 Å². The lowest BCUT2D eigenvalue weighted by molar-refractivity contribution is -0.143. The summed E-state index contributed by atoms with van der Waals surface area (Å²) in [6.45, 7) is 0. The first-order valence-corrected chi connectivity index (χ1v) is 12.5. The minimum absolute atomic E-state index is 0.0318. The molecule has 5 N–H and O–H groups in total. The summed E-state index contributed by atoms with van der Waals surface area (Å²) < 4.78 is 0. The Hall–Kier alpha value is -4.31. The minimum Gasteiger partial charge on any atom is -0.481 e. The molecule has 4 aromatic rings. The van der Waals surface area contributed by atoms with Crippen LogP contribution in [0.5, 0.6) is 0 Å². The molecule has 0 radical (unpaired) electrons. The van der Waals surface area contributed by atoms with Crippen molar-refractivity contribution in [2.75, 3.05) is 0 Å². The molecule has 0 fully saturated rings. The number of aromatic nitrogens is 1. The van der Waals surface area contributed by atoms with Gasteiger partial charge in [-0.05, 0) is 34.4 Å². The number of carbonyl (C=O) groups excluding carboxylic acids is 2. The number of thiol groups is 1. The Balaban J connectivity index is 1.43. The van der Waals surface area contributed by atoms with E-state index in [9.17, 15) is 29.4 Å². The van der Waals surface area contributed by atoms with Crippen molar-refractivity contribution in [1.82, 2.24) is 15.6 Å². The second-order valence-corrected chi connectivity index (χ2v) is 9.65. The molecule has 10 heteroatoms. The number of aromatic amines is 1. The lowest BCUT2D eigenvalue weighted by atomic mass is 10.0. The van der Waals surface area contributed by atoms with Crippen molar-refractivity contribution >= 4 is 58.1 Å². The predicted molar refractivity (Wildman–Crippen MR) is 146 cm³/mol. The molecule has 0 spiro atoms. The van der Waals surface area contributed by atoms with E-state index in [1.165, 1.54) is 0 Å². The summed E-state index contributed by atoms with van der Waals surface area (Å²) >= 11 is 4.37. The maximum atomic E-state index is 13.0. The number of fused-ring (bicyclic) bond motifs is 2. The van der Waals surface area contributed by atoms with Crippen molar-refractivity contribution in [3.05, 3.63) is 84.1 Å². The highest BCUT2D eigenvalue weighted by Crippen LogP contribution is 2.20. The smallest absolute Gasteiger partial charge is 0.326 e. The lowest BCUT2D eigenvalue weighted by Gasteiger charge is -2.22. The van der Waals surface area contributed by atoms with Crippen molar-refractivity contribution < 1.29 is 29.4 Å². The fraction of sp³-hybridized carbons (Fsp3) is 0.214. The minimum atomic E-state index is -1.48. The van der Waals surface area contributed by atoms with Crippen LogP contribution < -0.4 is 10.6 Å². The number of aliphatic carboxylic acids is 2. The van der Waals surface area contributed by atoms with Crippen LogP contribution in [-0.2, 0) is 32.0 Å². The molecule has 3 atom stereocenters. The summed E-state index contributed by atoms with van der Waals surface area (Å²) in [4.78, 5) is 52.2. The van der Waals surface area contributed by atoms with Gasteiger partial charge in [-0.25, -0.2) is 4.79 Å². The molecule has 196 valence electrons. The van der Waals surface area contributed by atoms with Gasteiger partial charge >= 0.3 is 11.9 Å². The van der Waals surface area contributed by atoms with E-state index in [0.717, 1.165) is 27.2 Å². The fourth-order valence-corrected chi connectivity index (χ4v) is 4.61. The van der Waals surface area contributed by atoms with E-state index >= 15 is 0 Å². The number of carboxylic acids is 2. The third-order valence-corrected chi connectivity index (χ3v) is 6.69. The predicted octanol–water partition coefficient (Wildman–Crippen LogP) is 2.93. The third-order valence-electron chi connectivity index (χ3n) is 6.27. The highest BCUT2D eigenvalue weighted by Gasteiger charge is 2.30. The number of hydrogen-bond acceptors (Lipinski definition) is 5. The molecule has 0 aliphatic carbocycles. The van der Waals surface area contributed by atoms with Gasteiger partial charge in [-0.2, -0.15) is 12.6 Å². The molecule has 9 nitrogen and oxygen atoms in total. The van der Waals surface area contributed by atoms with Crippen molar-refractivity contribution in [3.8, 4) is 0 Å². The number of carbonyl (C=O) groups is 4.